The van der Waals surface area contributed by atoms with Crippen LogP contribution in [-0.4, -0.2) is 10.5 Å². The van der Waals surface area contributed by atoms with Crippen LogP contribution in [0.1, 0.15) is 6.92 Å². The monoisotopic (exact) mass is 77.0 g/mol. The first-order valence-corrected chi connectivity index (χ1v) is 1.54. The van der Waals surface area contributed by atoms with Gasteiger partial charge in [0.15, 0.2) is 0 Å². The topological polar surface area (TPSA) is 20.2 Å². The van der Waals surface area contributed by atoms with Crippen LogP contribution in [0.2, 0.25) is 0 Å². The van der Waals surface area contributed by atoms with Gasteiger partial charge in [-0.3, -0.25) is 0 Å². The van der Waals surface area contributed by atoms with Crippen molar-refractivity contribution >= 4 is 12.6 Å². The van der Waals surface area contributed by atoms with Gasteiger partial charge in [-0.2, -0.15) is 0 Å². The molecule has 0 aromatic carbocycles. The zero-order valence-electron chi connectivity index (χ0n) is 2.43. The van der Waals surface area contributed by atoms with Crippen molar-refractivity contribution in [3.8, 4) is 0 Å². The summed E-state index contributed by atoms with van der Waals surface area (Å²) in [6.07, 6.45) is 0. The van der Waals surface area contributed by atoms with Crippen LogP contribution < -0.4 is 0 Å². The summed E-state index contributed by atoms with van der Waals surface area (Å²) in [7, 11) is 0. The summed E-state index contributed by atoms with van der Waals surface area (Å²) in [6.45, 7) is 1.54. The molecule has 25 valence electrons. The van der Waals surface area contributed by atoms with E-state index in [1.165, 1.54) is 6.92 Å². The highest BCUT2D eigenvalue weighted by Gasteiger charge is 1.72. The van der Waals surface area contributed by atoms with E-state index in [-0.39, 0.29) is 0 Å². The predicted octanol–water partition coefficient (Wildman–Crippen LogP) is 0.522. The summed E-state index contributed by atoms with van der Waals surface area (Å²) in [6, 6.07) is 0. The van der Waals surface area contributed by atoms with E-state index in [4.69, 9.17) is 5.11 Å². The van der Waals surface area contributed by atoms with Crippen LogP contribution in [-0.2, 0) is 0 Å². The van der Waals surface area contributed by atoms with Crippen molar-refractivity contribution in [2.75, 3.05) is 0 Å². The molecule has 0 fully saturated rings. The maximum absolute atomic E-state index is 7.87. The number of aliphatic hydroxyl groups is 1. The maximum atomic E-state index is 7.87. The first kappa shape index (κ1) is 4.31. The van der Waals surface area contributed by atoms with Crippen LogP contribution in [0.25, 0.3) is 0 Å². The number of hydrogen-bond donors (Lipinski definition) is 1. The van der Waals surface area contributed by atoms with Crippen LogP contribution >= 0.6 is 12.6 Å². The van der Waals surface area contributed by atoms with E-state index in [1.54, 1.807) is 0 Å². The van der Waals surface area contributed by atoms with Crippen LogP contribution in [0.3, 0.4) is 0 Å². The van der Waals surface area contributed by atoms with Gasteiger partial charge in [-0.1, -0.05) is 12.6 Å². The van der Waals surface area contributed by atoms with Crippen LogP contribution in [0, 0.1) is 0 Å². The summed E-state index contributed by atoms with van der Waals surface area (Å²) >= 11 is 4.18. The molecule has 1 radical (unpaired) electrons. The molecule has 1 unspecified atom stereocenters. The van der Waals surface area contributed by atoms with Gasteiger partial charge in [0.1, 0.15) is 5.44 Å². The second-order valence-electron chi connectivity index (χ2n) is 0.599. The Bertz CT molecular complexity index is 10.8. The van der Waals surface area contributed by atoms with Gasteiger partial charge in [-0.05, 0) is 6.92 Å². The molecule has 0 aromatic rings. The summed E-state index contributed by atoms with van der Waals surface area (Å²) in [4.78, 5) is 0. The number of aliphatic hydroxyl groups excluding tert-OH is 1. The van der Waals surface area contributed by atoms with Gasteiger partial charge < -0.3 is 5.11 Å². The highest BCUT2D eigenvalue weighted by Crippen LogP contribution is 1.78. The Morgan fingerprint density at radius 3 is 2.00 bits per heavy atom. The van der Waals surface area contributed by atoms with E-state index in [0.717, 1.165) is 0 Å². The van der Waals surface area contributed by atoms with Gasteiger partial charge in [0.05, 0.1) is 0 Å². The normalized spacial score (nSPS) is 15.8. The first-order chi connectivity index (χ1) is 1.73. The lowest BCUT2D eigenvalue weighted by Gasteiger charge is -1.77. The first-order valence-electron chi connectivity index (χ1n) is 1.07. The molecule has 0 rings (SSSR count). The standard InChI is InChI=1S/C2H5OS/c1-2(3)4/h2-3H,1H3. The molecular weight excluding hydrogens is 72.1 g/mol. The Balaban J connectivity index is 2.32. The van der Waals surface area contributed by atoms with Gasteiger partial charge in [0.2, 0.25) is 0 Å². The molecule has 0 bridgehead atoms. The molecule has 0 aliphatic heterocycles. The molecule has 1 N–H and O–H groups in total. The fraction of sp³-hybridized carbons (Fsp3) is 1.00. The maximum Gasteiger partial charge on any atom is 0.107 e. The molecule has 0 amide bonds. The molecule has 0 aromatic heterocycles. The van der Waals surface area contributed by atoms with Crippen LogP contribution in [0.15, 0.2) is 0 Å². The Morgan fingerprint density at radius 1 is 2.00 bits per heavy atom. The fourth-order valence-corrected chi connectivity index (χ4v) is 0. The molecule has 0 spiro atoms. The SMILES string of the molecule is CC(O)[S]. The molecule has 2 heteroatoms. The second-order valence-corrected chi connectivity index (χ2v) is 1.28. The van der Waals surface area contributed by atoms with Crippen LogP contribution in [0.5, 0.6) is 0 Å². The Labute approximate surface area is 31.1 Å². The number of rotatable bonds is 0. The van der Waals surface area contributed by atoms with E-state index < -0.39 is 5.44 Å². The minimum Gasteiger partial charge on any atom is -0.382 e. The predicted molar refractivity (Wildman–Crippen MR) is 19.3 cm³/mol. The van der Waals surface area contributed by atoms with Gasteiger partial charge in [0, 0.05) is 0 Å². The zero-order chi connectivity index (χ0) is 3.58. The van der Waals surface area contributed by atoms with Crippen molar-refractivity contribution in [1.29, 1.82) is 0 Å². The molecule has 0 aliphatic carbocycles. The second kappa shape index (κ2) is 1.61. The fourth-order valence-electron chi connectivity index (χ4n) is 0. The lowest BCUT2D eigenvalue weighted by Crippen LogP contribution is -1.79. The van der Waals surface area contributed by atoms with E-state index in [9.17, 15) is 0 Å². The van der Waals surface area contributed by atoms with E-state index in [2.05, 4.69) is 12.6 Å². The molecule has 0 heterocycles. The highest BCUT2D eigenvalue weighted by atomic mass is 32.1. The third-order valence-corrected chi connectivity index (χ3v) is 0. The van der Waals surface area contributed by atoms with Gasteiger partial charge in [0.25, 0.3) is 0 Å². The summed E-state index contributed by atoms with van der Waals surface area (Å²) in [5, 5.41) is 7.87. The summed E-state index contributed by atoms with van der Waals surface area (Å²) < 4.78 is 0. The molecule has 0 saturated heterocycles. The Kier molecular flexibility index (Phi) is 1.74. The largest absolute Gasteiger partial charge is 0.382 e. The van der Waals surface area contributed by atoms with Gasteiger partial charge >= 0.3 is 0 Å². The lowest BCUT2D eigenvalue weighted by atomic mass is 10.9. The van der Waals surface area contributed by atoms with Crippen molar-refractivity contribution in [2.45, 2.75) is 12.4 Å². The van der Waals surface area contributed by atoms with Crippen molar-refractivity contribution in [3.63, 3.8) is 0 Å². The Morgan fingerprint density at radius 2 is 2.00 bits per heavy atom. The number of hydrogen-bond acceptors (Lipinski definition) is 1. The van der Waals surface area contributed by atoms with E-state index in [1.807, 2.05) is 0 Å². The summed E-state index contributed by atoms with van der Waals surface area (Å²) in [5.41, 5.74) is -0.583. The van der Waals surface area contributed by atoms with Crippen molar-refractivity contribution in [2.24, 2.45) is 0 Å². The molecule has 4 heavy (non-hydrogen) atoms. The smallest absolute Gasteiger partial charge is 0.107 e. The van der Waals surface area contributed by atoms with E-state index in [0.29, 0.717) is 0 Å². The quantitative estimate of drug-likeness (QED) is 0.447. The summed E-state index contributed by atoms with van der Waals surface area (Å²) in [5.74, 6) is 0. The molecule has 0 aliphatic rings. The van der Waals surface area contributed by atoms with Crippen molar-refractivity contribution < 1.29 is 5.11 Å². The Hall–Kier alpha value is 0.310. The van der Waals surface area contributed by atoms with Gasteiger partial charge in [-0.15, -0.1) is 0 Å². The lowest BCUT2D eigenvalue weighted by molar-refractivity contribution is 0.286. The molecule has 1 nitrogen and oxygen atoms in total. The minimum absolute atomic E-state index is 0.583. The van der Waals surface area contributed by atoms with Crippen molar-refractivity contribution in [3.05, 3.63) is 0 Å². The van der Waals surface area contributed by atoms with Crippen LogP contribution in [0.4, 0.5) is 0 Å². The third kappa shape index (κ3) is 41.3. The van der Waals surface area contributed by atoms with Crippen molar-refractivity contribution in [1.82, 2.24) is 0 Å². The zero-order valence-corrected chi connectivity index (χ0v) is 3.25. The minimum atomic E-state index is -0.583. The van der Waals surface area contributed by atoms with Gasteiger partial charge in [-0.25, -0.2) is 0 Å². The molecular formula is C2H5OS. The molecule has 0 saturated carbocycles. The third-order valence-electron chi connectivity index (χ3n) is 0. The average Bonchev–Trinajstić information content (AvgIpc) is 0.811. The average molecular weight is 77.1 g/mol. The molecule has 1 atom stereocenters. The van der Waals surface area contributed by atoms with E-state index >= 15 is 0 Å². The highest BCUT2D eigenvalue weighted by molar-refractivity contribution is 7.80.